The lowest BCUT2D eigenvalue weighted by Crippen LogP contribution is -2.40. The van der Waals surface area contributed by atoms with Crippen molar-refractivity contribution in [1.82, 2.24) is 5.32 Å². The molecule has 27 heavy (non-hydrogen) atoms. The van der Waals surface area contributed by atoms with Crippen molar-refractivity contribution in [3.8, 4) is 11.5 Å². The van der Waals surface area contributed by atoms with E-state index in [1.54, 1.807) is 38.5 Å². The second-order valence-corrected chi connectivity index (χ2v) is 6.84. The summed E-state index contributed by atoms with van der Waals surface area (Å²) < 4.78 is 23.5. The third kappa shape index (κ3) is 5.17. The minimum Gasteiger partial charge on any atom is -0.493 e. The molecule has 0 aliphatic rings. The summed E-state index contributed by atoms with van der Waals surface area (Å²) in [7, 11) is 3.12. The molecule has 2 N–H and O–H groups in total. The largest absolute Gasteiger partial charge is 0.493 e. The van der Waals surface area contributed by atoms with Crippen LogP contribution in [0, 0.1) is 5.82 Å². The number of carbonyl (C=O) groups is 1. The first kappa shape index (κ1) is 20.6. The van der Waals surface area contributed by atoms with Gasteiger partial charge in [-0.05, 0) is 68.0 Å². The number of hydrogen-bond donors (Lipinski definition) is 2. The van der Waals surface area contributed by atoms with Crippen LogP contribution in [0.2, 0.25) is 0 Å². The second-order valence-electron chi connectivity index (χ2n) is 6.43. The standard InChI is InChI=1S/C20H23FN2O3S/c1-20(2,13-5-10-16(25-3)17(11-13)26-4)18(24)12-22-19(27)23-15-8-6-14(21)7-9-15/h5-11H,12H2,1-4H3,(H2,22,23,27). The van der Waals surface area contributed by atoms with Crippen LogP contribution >= 0.6 is 12.2 Å². The quantitative estimate of drug-likeness (QED) is 0.704. The molecular weight excluding hydrogens is 367 g/mol. The fourth-order valence-electron chi connectivity index (χ4n) is 2.48. The van der Waals surface area contributed by atoms with Gasteiger partial charge in [-0.25, -0.2) is 4.39 Å². The highest BCUT2D eigenvalue weighted by atomic mass is 32.1. The van der Waals surface area contributed by atoms with Gasteiger partial charge in [0.1, 0.15) is 5.82 Å². The van der Waals surface area contributed by atoms with Gasteiger partial charge >= 0.3 is 0 Å². The Morgan fingerprint density at radius 1 is 1.07 bits per heavy atom. The van der Waals surface area contributed by atoms with Gasteiger partial charge in [0, 0.05) is 5.69 Å². The van der Waals surface area contributed by atoms with Gasteiger partial charge in [-0.3, -0.25) is 4.79 Å². The van der Waals surface area contributed by atoms with Gasteiger partial charge < -0.3 is 20.1 Å². The molecule has 144 valence electrons. The van der Waals surface area contributed by atoms with Gasteiger partial charge in [0.2, 0.25) is 0 Å². The summed E-state index contributed by atoms with van der Waals surface area (Å²) in [4.78, 5) is 12.7. The molecule has 0 bridgehead atoms. The Balaban J connectivity index is 2.01. The third-order valence-corrected chi connectivity index (χ3v) is 4.56. The molecular formula is C20H23FN2O3S. The van der Waals surface area contributed by atoms with Crippen LogP contribution in [0.15, 0.2) is 42.5 Å². The van der Waals surface area contributed by atoms with Crippen LogP contribution in [0.4, 0.5) is 10.1 Å². The molecule has 0 unspecified atom stereocenters. The van der Waals surface area contributed by atoms with Crippen LogP contribution in [-0.4, -0.2) is 31.7 Å². The number of halogens is 1. The van der Waals surface area contributed by atoms with Gasteiger partial charge in [-0.15, -0.1) is 0 Å². The number of anilines is 1. The predicted octanol–water partition coefficient (Wildman–Crippen LogP) is 3.68. The van der Waals surface area contributed by atoms with Crippen molar-refractivity contribution in [3.63, 3.8) is 0 Å². The molecule has 5 nitrogen and oxygen atoms in total. The van der Waals surface area contributed by atoms with E-state index >= 15 is 0 Å². The topological polar surface area (TPSA) is 59.6 Å². The Labute approximate surface area is 163 Å². The molecule has 0 amide bonds. The van der Waals surface area contributed by atoms with Crippen molar-refractivity contribution in [3.05, 3.63) is 53.8 Å². The average Bonchev–Trinajstić information content (AvgIpc) is 2.67. The summed E-state index contributed by atoms with van der Waals surface area (Å²) in [6.45, 7) is 3.73. The Morgan fingerprint density at radius 3 is 2.30 bits per heavy atom. The fraction of sp³-hybridized carbons (Fsp3) is 0.300. The maximum absolute atomic E-state index is 12.9. The maximum Gasteiger partial charge on any atom is 0.171 e. The first-order valence-corrected chi connectivity index (χ1v) is 8.75. The molecule has 2 rings (SSSR count). The number of carbonyl (C=O) groups excluding carboxylic acids is 1. The lowest BCUT2D eigenvalue weighted by molar-refractivity contribution is -0.122. The van der Waals surface area contributed by atoms with E-state index in [0.717, 1.165) is 5.56 Å². The van der Waals surface area contributed by atoms with E-state index in [1.165, 1.54) is 12.1 Å². The number of Topliss-reactive ketones (excluding diaryl/α,β-unsaturated/α-hetero) is 1. The summed E-state index contributed by atoms with van der Waals surface area (Å²) in [6, 6.07) is 11.2. The smallest absolute Gasteiger partial charge is 0.171 e. The number of ketones is 1. The van der Waals surface area contributed by atoms with Gasteiger partial charge in [0.05, 0.1) is 26.2 Å². The summed E-state index contributed by atoms with van der Waals surface area (Å²) >= 11 is 5.19. The van der Waals surface area contributed by atoms with E-state index in [9.17, 15) is 9.18 Å². The van der Waals surface area contributed by atoms with E-state index in [1.807, 2.05) is 19.9 Å². The Morgan fingerprint density at radius 2 is 1.70 bits per heavy atom. The third-order valence-electron chi connectivity index (χ3n) is 4.31. The van der Waals surface area contributed by atoms with E-state index in [2.05, 4.69) is 10.6 Å². The first-order chi connectivity index (χ1) is 12.8. The van der Waals surface area contributed by atoms with Crippen LogP contribution in [0.3, 0.4) is 0 Å². The molecule has 0 saturated carbocycles. The van der Waals surface area contributed by atoms with Crippen molar-refractivity contribution in [2.75, 3.05) is 26.1 Å². The molecule has 0 spiro atoms. The predicted molar refractivity (Wildman–Crippen MR) is 108 cm³/mol. The molecule has 0 aromatic heterocycles. The number of hydrogen-bond acceptors (Lipinski definition) is 4. The molecule has 2 aromatic carbocycles. The molecule has 0 aliphatic carbocycles. The van der Waals surface area contributed by atoms with Crippen LogP contribution in [0.25, 0.3) is 0 Å². The number of ether oxygens (including phenoxy) is 2. The van der Waals surface area contributed by atoms with Crippen molar-refractivity contribution < 1.29 is 18.7 Å². The summed E-state index contributed by atoms with van der Waals surface area (Å²) in [6.07, 6.45) is 0. The van der Waals surface area contributed by atoms with Gasteiger partial charge in [0.25, 0.3) is 0 Å². The maximum atomic E-state index is 12.9. The van der Waals surface area contributed by atoms with Crippen LogP contribution in [-0.2, 0) is 10.2 Å². The lowest BCUT2D eigenvalue weighted by Gasteiger charge is -2.25. The number of benzene rings is 2. The zero-order chi connectivity index (χ0) is 20.0. The van der Waals surface area contributed by atoms with Crippen LogP contribution in [0.1, 0.15) is 19.4 Å². The number of rotatable bonds is 7. The molecule has 0 radical (unpaired) electrons. The van der Waals surface area contributed by atoms with E-state index < -0.39 is 5.41 Å². The van der Waals surface area contributed by atoms with Gasteiger partial charge in [0.15, 0.2) is 22.4 Å². The molecule has 0 aliphatic heterocycles. The lowest BCUT2D eigenvalue weighted by atomic mass is 9.80. The van der Waals surface area contributed by atoms with Gasteiger partial charge in [-0.1, -0.05) is 6.07 Å². The summed E-state index contributed by atoms with van der Waals surface area (Å²) in [5.74, 6) is 0.800. The second kappa shape index (κ2) is 8.81. The Bertz CT molecular complexity index is 822. The van der Waals surface area contributed by atoms with Crippen LogP contribution in [0.5, 0.6) is 11.5 Å². The minimum atomic E-state index is -0.752. The zero-order valence-corrected chi connectivity index (χ0v) is 16.6. The molecule has 0 heterocycles. The van der Waals surface area contributed by atoms with Crippen molar-refractivity contribution in [2.24, 2.45) is 0 Å². The first-order valence-electron chi connectivity index (χ1n) is 8.34. The average molecular weight is 390 g/mol. The number of nitrogens with one attached hydrogen (secondary N) is 2. The molecule has 2 aromatic rings. The van der Waals surface area contributed by atoms with Crippen molar-refractivity contribution in [2.45, 2.75) is 19.3 Å². The number of thiocarbonyl (C=S) groups is 1. The number of methoxy groups -OCH3 is 2. The summed E-state index contributed by atoms with van der Waals surface area (Å²) in [5, 5.41) is 6.10. The molecule has 0 saturated heterocycles. The van der Waals surface area contributed by atoms with E-state index in [-0.39, 0.29) is 23.3 Å². The SMILES string of the molecule is COc1ccc(C(C)(C)C(=O)CNC(=S)Nc2ccc(F)cc2)cc1OC. The summed E-state index contributed by atoms with van der Waals surface area (Å²) in [5.41, 5.74) is 0.697. The molecule has 0 fully saturated rings. The van der Waals surface area contributed by atoms with Crippen molar-refractivity contribution in [1.29, 1.82) is 0 Å². The highest BCUT2D eigenvalue weighted by Crippen LogP contribution is 2.33. The van der Waals surface area contributed by atoms with E-state index in [4.69, 9.17) is 21.7 Å². The van der Waals surface area contributed by atoms with Crippen molar-refractivity contribution >= 4 is 28.8 Å². The molecule has 0 atom stereocenters. The fourth-order valence-corrected chi connectivity index (χ4v) is 2.67. The Kier molecular flexibility index (Phi) is 6.74. The minimum absolute atomic E-state index is 0.0435. The van der Waals surface area contributed by atoms with Crippen LogP contribution < -0.4 is 20.1 Å². The Hall–Kier alpha value is -2.67. The monoisotopic (exact) mass is 390 g/mol. The van der Waals surface area contributed by atoms with Gasteiger partial charge in [-0.2, -0.15) is 0 Å². The highest BCUT2D eigenvalue weighted by Gasteiger charge is 2.30. The zero-order valence-electron chi connectivity index (χ0n) is 15.8. The normalized spacial score (nSPS) is 10.9. The highest BCUT2D eigenvalue weighted by molar-refractivity contribution is 7.80. The molecule has 7 heteroatoms. The van der Waals surface area contributed by atoms with E-state index in [0.29, 0.717) is 17.2 Å².